The monoisotopic (exact) mass is 288 g/mol. The van der Waals surface area contributed by atoms with E-state index in [0.717, 1.165) is 11.5 Å². The average Bonchev–Trinajstić information content (AvgIpc) is 2.85. The van der Waals surface area contributed by atoms with Gasteiger partial charge >= 0.3 is 0 Å². The molecule has 3 rings (SSSR count). The molecule has 2 N–H and O–H groups in total. The molecule has 0 saturated carbocycles. The molecule has 0 aliphatic carbocycles. The number of aliphatic hydroxyl groups is 1. The van der Waals surface area contributed by atoms with Crippen LogP contribution < -0.4 is 9.64 Å². The van der Waals surface area contributed by atoms with Crippen molar-refractivity contribution in [2.45, 2.75) is 51.2 Å². The third-order valence-corrected chi connectivity index (χ3v) is 4.82. The lowest BCUT2D eigenvalue weighted by Gasteiger charge is -2.30. The van der Waals surface area contributed by atoms with E-state index < -0.39 is 5.60 Å². The minimum atomic E-state index is -0.801. The summed E-state index contributed by atoms with van der Waals surface area (Å²) < 4.78 is 6.09. The zero-order chi connectivity index (χ0) is 14.9. The molecule has 21 heavy (non-hydrogen) atoms. The van der Waals surface area contributed by atoms with Crippen LogP contribution in [0.1, 0.15) is 51.1 Å². The van der Waals surface area contributed by atoms with E-state index in [0.29, 0.717) is 6.42 Å². The van der Waals surface area contributed by atoms with Crippen LogP contribution in [0.25, 0.3) is 0 Å². The molecule has 2 atom stereocenters. The van der Waals surface area contributed by atoms with E-state index >= 15 is 0 Å². The summed E-state index contributed by atoms with van der Waals surface area (Å²) >= 11 is 0. The van der Waals surface area contributed by atoms with Crippen LogP contribution in [0.15, 0.2) is 36.1 Å². The summed E-state index contributed by atoms with van der Waals surface area (Å²) in [6, 6.07) is 8.55. The van der Waals surface area contributed by atoms with Gasteiger partial charge in [-0.25, -0.2) is 0 Å². The van der Waals surface area contributed by atoms with E-state index in [1.165, 1.54) is 37.9 Å². The predicted molar refractivity (Wildman–Crippen MR) is 83.4 cm³/mol. The van der Waals surface area contributed by atoms with Crippen molar-refractivity contribution in [3.63, 3.8) is 0 Å². The van der Waals surface area contributed by atoms with Gasteiger partial charge in [0.25, 0.3) is 0 Å². The van der Waals surface area contributed by atoms with E-state index in [1.807, 2.05) is 32.1 Å². The van der Waals surface area contributed by atoms with Gasteiger partial charge in [0, 0.05) is 0 Å². The first-order valence-electron chi connectivity index (χ1n) is 8.17. The van der Waals surface area contributed by atoms with Gasteiger partial charge in [-0.2, -0.15) is 0 Å². The molecule has 1 aromatic carbocycles. The summed E-state index contributed by atoms with van der Waals surface area (Å²) in [5.41, 5.74) is 0.470. The van der Waals surface area contributed by atoms with Crippen LogP contribution in [-0.4, -0.2) is 23.8 Å². The first-order valence-corrected chi connectivity index (χ1v) is 8.17. The second-order valence-corrected chi connectivity index (χ2v) is 6.55. The lowest BCUT2D eigenvalue weighted by Crippen LogP contribution is -3.13. The molecule has 0 radical (unpaired) electrons. The molecular formula is C18H26NO2+. The van der Waals surface area contributed by atoms with Crippen molar-refractivity contribution in [3.05, 3.63) is 41.7 Å². The molecule has 2 heterocycles. The van der Waals surface area contributed by atoms with Crippen molar-refractivity contribution < 1.29 is 14.7 Å². The molecule has 0 aromatic heterocycles. The fraction of sp³-hybridized carbons (Fsp3) is 0.556. The Morgan fingerprint density at radius 2 is 2.00 bits per heavy atom. The van der Waals surface area contributed by atoms with Gasteiger partial charge in [-0.3, -0.25) is 0 Å². The van der Waals surface area contributed by atoms with Gasteiger partial charge in [-0.05, 0) is 50.8 Å². The van der Waals surface area contributed by atoms with Crippen LogP contribution in [-0.2, 0) is 0 Å². The van der Waals surface area contributed by atoms with Crippen LogP contribution in [0.2, 0.25) is 0 Å². The van der Waals surface area contributed by atoms with Crippen LogP contribution in [0.3, 0.4) is 0 Å². The number of likely N-dealkylation sites (tertiary alicyclic amines) is 1. The Kier molecular flexibility index (Phi) is 4.05. The predicted octanol–water partition coefficient (Wildman–Crippen LogP) is 2.23. The van der Waals surface area contributed by atoms with E-state index in [4.69, 9.17) is 4.74 Å². The third kappa shape index (κ3) is 2.99. The Bertz CT molecular complexity index is 530. The Balaban J connectivity index is 1.96. The molecule has 2 aliphatic heterocycles. The highest BCUT2D eigenvalue weighted by Crippen LogP contribution is 2.38. The molecule has 2 aliphatic rings. The average molecular weight is 288 g/mol. The number of quaternary nitrogens is 1. The summed E-state index contributed by atoms with van der Waals surface area (Å²) in [5.74, 6) is 1.89. The molecular weight excluding hydrogens is 262 g/mol. The van der Waals surface area contributed by atoms with Crippen LogP contribution in [0.5, 0.6) is 5.75 Å². The van der Waals surface area contributed by atoms with E-state index in [2.05, 4.69) is 12.1 Å². The third-order valence-electron chi connectivity index (χ3n) is 4.82. The Morgan fingerprint density at radius 3 is 2.71 bits per heavy atom. The summed E-state index contributed by atoms with van der Waals surface area (Å²) in [6.07, 6.45) is 6.53. The highest BCUT2D eigenvalue weighted by Gasteiger charge is 2.39. The SMILES string of the molecule is CC[C@](C)(O)/C=C1/Oc2ccccc2[C@@H]1[NH+]1CCCCC1. The molecule has 0 unspecified atom stereocenters. The number of para-hydroxylation sites is 1. The smallest absolute Gasteiger partial charge is 0.175 e. The van der Waals surface area contributed by atoms with Crippen molar-refractivity contribution in [2.75, 3.05) is 13.1 Å². The standard InChI is InChI=1S/C18H25NO2/c1-3-18(2,20)13-16-17(19-11-7-4-8-12-19)14-9-5-6-10-15(14)21-16/h5-6,9-10,13,17,20H,3-4,7-8,11-12H2,1-2H3/p+1/b16-13+/t17-,18-/m0/s1. The summed E-state index contributed by atoms with van der Waals surface area (Å²) in [4.78, 5) is 1.57. The van der Waals surface area contributed by atoms with Gasteiger partial charge in [0.1, 0.15) is 5.75 Å². The maximum atomic E-state index is 10.4. The van der Waals surface area contributed by atoms with Crippen molar-refractivity contribution in [1.82, 2.24) is 0 Å². The van der Waals surface area contributed by atoms with Crippen molar-refractivity contribution in [1.29, 1.82) is 0 Å². The maximum absolute atomic E-state index is 10.4. The molecule has 0 bridgehead atoms. The van der Waals surface area contributed by atoms with Gasteiger partial charge in [-0.15, -0.1) is 0 Å². The quantitative estimate of drug-likeness (QED) is 0.894. The molecule has 3 nitrogen and oxygen atoms in total. The second-order valence-electron chi connectivity index (χ2n) is 6.55. The first-order chi connectivity index (χ1) is 10.1. The number of nitrogens with one attached hydrogen (secondary N) is 1. The van der Waals surface area contributed by atoms with Crippen LogP contribution in [0.4, 0.5) is 0 Å². The number of benzene rings is 1. The highest BCUT2D eigenvalue weighted by molar-refractivity contribution is 5.44. The second kappa shape index (κ2) is 5.82. The van der Waals surface area contributed by atoms with E-state index in [-0.39, 0.29) is 6.04 Å². The van der Waals surface area contributed by atoms with Crippen LogP contribution in [0, 0.1) is 0 Å². The normalized spacial score (nSPS) is 27.2. The number of fused-ring (bicyclic) bond motifs is 1. The van der Waals surface area contributed by atoms with Gasteiger partial charge in [0.15, 0.2) is 11.8 Å². The van der Waals surface area contributed by atoms with Gasteiger partial charge < -0.3 is 14.7 Å². The molecule has 0 spiro atoms. The van der Waals surface area contributed by atoms with Crippen molar-refractivity contribution in [3.8, 4) is 5.75 Å². The number of hydrogen-bond acceptors (Lipinski definition) is 2. The summed E-state index contributed by atoms with van der Waals surface area (Å²) in [5, 5.41) is 10.4. The van der Waals surface area contributed by atoms with Crippen molar-refractivity contribution >= 4 is 0 Å². The zero-order valence-electron chi connectivity index (χ0n) is 13.1. The Morgan fingerprint density at radius 1 is 1.29 bits per heavy atom. The minimum Gasteiger partial charge on any atom is -0.455 e. The fourth-order valence-electron chi connectivity index (χ4n) is 3.39. The molecule has 1 saturated heterocycles. The zero-order valence-corrected chi connectivity index (χ0v) is 13.1. The number of ether oxygens (including phenoxy) is 1. The lowest BCUT2D eigenvalue weighted by atomic mass is 9.97. The largest absolute Gasteiger partial charge is 0.455 e. The Hall–Kier alpha value is -1.32. The topological polar surface area (TPSA) is 33.9 Å². The number of piperidine rings is 1. The van der Waals surface area contributed by atoms with Crippen molar-refractivity contribution in [2.24, 2.45) is 0 Å². The van der Waals surface area contributed by atoms with E-state index in [1.54, 1.807) is 4.90 Å². The van der Waals surface area contributed by atoms with E-state index in [9.17, 15) is 5.11 Å². The van der Waals surface area contributed by atoms with Gasteiger partial charge in [-0.1, -0.05) is 19.1 Å². The molecule has 0 amide bonds. The molecule has 1 fully saturated rings. The molecule has 114 valence electrons. The Labute approximate surface area is 127 Å². The lowest BCUT2D eigenvalue weighted by molar-refractivity contribution is -0.931. The molecule has 1 aromatic rings. The number of rotatable bonds is 3. The maximum Gasteiger partial charge on any atom is 0.175 e. The molecule has 3 heteroatoms. The minimum absolute atomic E-state index is 0.250. The summed E-state index contributed by atoms with van der Waals surface area (Å²) in [6.45, 7) is 6.23. The fourth-order valence-corrected chi connectivity index (χ4v) is 3.39. The number of hydrogen-bond donors (Lipinski definition) is 2. The van der Waals surface area contributed by atoms with Crippen LogP contribution >= 0.6 is 0 Å². The van der Waals surface area contributed by atoms with Gasteiger partial charge in [0.2, 0.25) is 0 Å². The first kappa shape index (κ1) is 14.6. The highest BCUT2D eigenvalue weighted by atomic mass is 16.5. The van der Waals surface area contributed by atoms with Gasteiger partial charge in [0.05, 0.1) is 24.3 Å². The summed E-state index contributed by atoms with van der Waals surface area (Å²) in [7, 11) is 0.